The molecular formula is C24H27N5O3. The van der Waals surface area contributed by atoms with Crippen molar-refractivity contribution in [2.45, 2.75) is 18.0 Å². The van der Waals surface area contributed by atoms with E-state index < -0.39 is 11.5 Å². The van der Waals surface area contributed by atoms with Gasteiger partial charge < -0.3 is 20.4 Å². The molecule has 8 nitrogen and oxygen atoms in total. The van der Waals surface area contributed by atoms with Gasteiger partial charge in [-0.15, -0.1) is 0 Å². The number of rotatable bonds is 2. The quantitative estimate of drug-likeness (QED) is 0.760. The van der Waals surface area contributed by atoms with Crippen LogP contribution in [0.15, 0.2) is 54.6 Å². The van der Waals surface area contributed by atoms with Crippen molar-refractivity contribution in [3.05, 3.63) is 60.2 Å². The van der Waals surface area contributed by atoms with E-state index in [0.717, 1.165) is 16.9 Å². The fourth-order valence-corrected chi connectivity index (χ4v) is 5.56. The third-order valence-corrected chi connectivity index (χ3v) is 6.93. The fraction of sp³-hybridized carbons (Fsp3) is 0.375. The highest BCUT2D eigenvalue weighted by Crippen LogP contribution is 2.53. The number of benzene rings is 2. The predicted molar refractivity (Wildman–Crippen MR) is 121 cm³/mol. The van der Waals surface area contributed by atoms with E-state index in [1.807, 2.05) is 54.6 Å². The van der Waals surface area contributed by atoms with Gasteiger partial charge in [-0.05, 0) is 24.6 Å². The number of anilines is 2. The SMILES string of the molecule is CN(C)C(=O)[C@@H]1C[C@@H]2CN(C(=O)Nc3ccccc3)CCN2[C@@]12C(=O)Nc1ccccc12. The Morgan fingerprint density at radius 2 is 1.78 bits per heavy atom. The zero-order valence-electron chi connectivity index (χ0n) is 18.2. The van der Waals surface area contributed by atoms with E-state index >= 15 is 0 Å². The first kappa shape index (κ1) is 20.5. The lowest BCUT2D eigenvalue weighted by molar-refractivity contribution is -0.143. The van der Waals surface area contributed by atoms with Crippen molar-refractivity contribution in [1.82, 2.24) is 14.7 Å². The minimum Gasteiger partial charge on any atom is -0.348 e. The summed E-state index contributed by atoms with van der Waals surface area (Å²) in [4.78, 5) is 45.2. The zero-order valence-corrected chi connectivity index (χ0v) is 18.2. The molecule has 4 amide bonds. The fourth-order valence-electron chi connectivity index (χ4n) is 5.56. The second kappa shape index (κ2) is 7.63. The summed E-state index contributed by atoms with van der Waals surface area (Å²) in [6.07, 6.45) is 0.522. The van der Waals surface area contributed by atoms with Crippen molar-refractivity contribution in [3.63, 3.8) is 0 Å². The molecule has 8 heteroatoms. The number of para-hydroxylation sites is 2. The minimum absolute atomic E-state index is 0.0634. The van der Waals surface area contributed by atoms with Gasteiger partial charge in [-0.2, -0.15) is 0 Å². The average molecular weight is 434 g/mol. The largest absolute Gasteiger partial charge is 0.348 e. The summed E-state index contributed by atoms with van der Waals surface area (Å²) in [5.74, 6) is -0.724. The molecule has 3 heterocycles. The Balaban J connectivity index is 1.46. The van der Waals surface area contributed by atoms with Gasteiger partial charge in [0.05, 0.1) is 5.92 Å². The Bertz CT molecular complexity index is 1070. The monoisotopic (exact) mass is 433 g/mol. The lowest BCUT2D eigenvalue weighted by Gasteiger charge is -2.44. The molecule has 0 saturated carbocycles. The Hall–Kier alpha value is -3.39. The summed E-state index contributed by atoms with van der Waals surface area (Å²) in [5, 5.41) is 5.95. The van der Waals surface area contributed by atoms with E-state index in [1.54, 1.807) is 23.9 Å². The van der Waals surface area contributed by atoms with Crippen LogP contribution in [-0.2, 0) is 15.1 Å². The maximum absolute atomic E-state index is 13.5. The Morgan fingerprint density at radius 3 is 2.53 bits per heavy atom. The van der Waals surface area contributed by atoms with Crippen LogP contribution in [0.25, 0.3) is 0 Å². The highest BCUT2D eigenvalue weighted by atomic mass is 16.2. The summed E-state index contributed by atoms with van der Waals surface area (Å²) in [7, 11) is 3.46. The standard InChI is InChI=1S/C24H27N5O3/c1-27(2)21(30)19-14-17-15-28(23(32)25-16-8-4-3-5-9-16)12-13-29(17)24(19)18-10-6-7-11-20(18)26-22(24)31/h3-11,17,19H,12-15H2,1-2H3,(H,25,32)(H,26,31)/t17-,19+,24-/m1/s1. The number of carbonyl (C=O) groups excluding carboxylic acids is 3. The van der Waals surface area contributed by atoms with Crippen LogP contribution in [0.3, 0.4) is 0 Å². The van der Waals surface area contributed by atoms with Gasteiger partial charge in [-0.3, -0.25) is 14.5 Å². The van der Waals surface area contributed by atoms with E-state index in [9.17, 15) is 14.4 Å². The molecule has 3 aliphatic heterocycles. The van der Waals surface area contributed by atoms with Gasteiger partial charge in [-0.25, -0.2) is 4.79 Å². The van der Waals surface area contributed by atoms with E-state index in [4.69, 9.17) is 0 Å². The van der Waals surface area contributed by atoms with Crippen LogP contribution in [0, 0.1) is 5.92 Å². The molecule has 166 valence electrons. The number of hydrogen-bond acceptors (Lipinski definition) is 4. The first-order valence-corrected chi connectivity index (χ1v) is 10.9. The Kier molecular flexibility index (Phi) is 4.89. The number of amides is 4. The Morgan fingerprint density at radius 1 is 1.06 bits per heavy atom. The summed E-state index contributed by atoms with van der Waals surface area (Å²) >= 11 is 0. The molecule has 1 spiro atoms. The highest BCUT2D eigenvalue weighted by molar-refractivity contribution is 6.09. The van der Waals surface area contributed by atoms with E-state index in [1.165, 1.54) is 0 Å². The topological polar surface area (TPSA) is 85.0 Å². The van der Waals surface area contributed by atoms with Crippen LogP contribution in [0.1, 0.15) is 12.0 Å². The summed E-state index contributed by atoms with van der Waals surface area (Å²) in [5.41, 5.74) is 1.33. The second-order valence-corrected chi connectivity index (χ2v) is 8.88. The average Bonchev–Trinajstić information content (AvgIpc) is 3.29. The maximum Gasteiger partial charge on any atom is 0.321 e. The minimum atomic E-state index is -1.04. The third kappa shape index (κ3) is 2.97. The molecule has 2 fully saturated rings. The zero-order chi connectivity index (χ0) is 22.5. The number of piperazine rings is 1. The van der Waals surface area contributed by atoms with Gasteiger partial charge in [0.2, 0.25) is 11.8 Å². The summed E-state index contributed by atoms with van der Waals surface area (Å²) in [6, 6.07) is 16.7. The predicted octanol–water partition coefficient (Wildman–Crippen LogP) is 2.16. The molecular weight excluding hydrogens is 406 g/mol. The van der Waals surface area contributed by atoms with Crippen molar-refractivity contribution in [2.75, 3.05) is 44.4 Å². The molecule has 2 aromatic rings. The van der Waals surface area contributed by atoms with E-state index in [2.05, 4.69) is 15.5 Å². The number of nitrogens with zero attached hydrogens (tertiary/aromatic N) is 3. The second-order valence-electron chi connectivity index (χ2n) is 8.88. The van der Waals surface area contributed by atoms with Crippen LogP contribution in [0.2, 0.25) is 0 Å². The van der Waals surface area contributed by atoms with Crippen molar-refractivity contribution < 1.29 is 14.4 Å². The van der Waals surface area contributed by atoms with Crippen LogP contribution in [0.5, 0.6) is 0 Å². The van der Waals surface area contributed by atoms with Crippen molar-refractivity contribution in [1.29, 1.82) is 0 Å². The Labute approximate surface area is 187 Å². The molecule has 2 saturated heterocycles. The lowest BCUT2D eigenvalue weighted by atomic mass is 9.78. The lowest BCUT2D eigenvalue weighted by Crippen LogP contribution is -2.61. The highest BCUT2D eigenvalue weighted by Gasteiger charge is 2.65. The van der Waals surface area contributed by atoms with Crippen LogP contribution in [0.4, 0.5) is 16.2 Å². The number of carbonyl (C=O) groups is 3. The molecule has 0 radical (unpaired) electrons. The third-order valence-electron chi connectivity index (χ3n) is 6.93. The van der Waals surface area contributed by atoms with Crippen LogP contribution >= 0.6 is 0 Å². The van der Waals surface area contributed by atoms with Crippen LogP contribution in [-0.4, -0.2) is 72.3 Å². The molecule has 0 unspecified atom stereocenters. The summed E-state index contributed by atoms with van der Waals surface area (Å²) < 4.78 is 0. The van der Waals surface area contributed by atoms with Gasteiger partial charge in [-0.1, -0.05) is 36.4 Å². The molecule has 0 bridgehead atoms. The molecule has 0 aromatic heterocycles. The van der Waals surface area contributed by atoms with Gasteiger partial charge in [0.15, 0.2) is 0 Å². The molecule has 3 atom stereocenters. The number of urea groups is 1. The maximum atomic E-state index is 13.5. The van der Waals surface area contributed by atoms with Crippen LogP contribution < -0.4 is 10.6 Å². The van der Waals surface area contributed by atoms with Crippen molar-refractivity contribution in [2.24, 2.45) is 5.92 Å². The van der Waals surface area contributed by atoms with Crippen molar-refractivity contribution in [3.8, 4) is 0 Å². The smallest absolute Gasteiger partial charge is 0.321 e. The first-order valence-electron chi connectivity index (χ1n) is 10.9. The molecule has 0 aliphatic carbocycles. The van der Waals surface area contributed by atoms with Gasteiger partial charge >= 0.3 is 6.03 Å². The molecule has 5 rings (SSSR count). The normalized spacial score (nSPS) is 26.4. The van der Waals surface area contributed by atoms with E-state index in [0.29, 0.717) is 26.1 Å². The van der Waals surface area contributed by atoms with Gasteiger partial charge in [0, 0.05) is 56.7 Å². The summed E-state index contributed by atoms with van der Waals surface area (Å²) in [6.45, 7) is 1.47. The van der Waals surface area contributed by atoms with Gasteiger partial charge in [0.25, 0.3) is 0 Å². The molecule has 3 aliphatic rings. The molecule has 2 N–H and O–H groups in total. The van der Waals surface area contributed by atoms with Crippen molar-refractivity contribution >= 4 is 29.2 Å². The number of hydrogen-bond donors (Lipinski definition) is 2. The van der Waals surface area contributed by atoms with Gasteiger partial charge in [0.1, 0.15) is 5.54 Å². The number of nitrogens with one attached hydrogen (secondary N) is 2. The first-order chi connectivity index (χ1) is 15.4. The molecule has 2 aromatic carbocycles. The van der Waals surface area contributed by atoms with E-state index in [-0.39, 0.29) is 23.9 Å². The molecule has 32 heavy (non-hydrogen) atoms. The number of fused-ring (bicyclic) bond motifs is 4.